The van der Waals surface area contributed by atoms with Crippen LogP contribution in [0.2, 0.25) is 0 Å². The Morgan fingerprint density at radius 3 is 2.65 bits per heavy atom. The van der Waals surface area contributed by atoms with Crippen molar-refractivity contribution in [2.45, 2.75) is 39.5 Å². The van der Waals surface area contributed by atoms with E-state index in [0.717, 1.165) is 25.6 Å². The van der Waals surface area contributed by atoms with E-state index in [0.29, 0.717) is 6.61 Å². The van der Waals surface area contributed by atoms with E-state index in [9.17, 15) is 4.79 Å². The second-order valence-electron chi connectivity index (χ2n) is 4.69. The van der Waals surface area contributed by atoms with Crippen LogP contribution in [-0.2, 0) is 9.53 Å². The van der Waals surface area contributed by atoms with Gasteiger partial charge in [0, 0.05) is 12.6 Å². The maximum absolute atomic E-state index is 11.1. The summed E-state index contributed by atoms with van der Waals surface area (Å²) in [6.45, 7) is 7.73. The zero-order chi connectivity index (χ0) is 12.5. The number of piperidine rings is 1. The summed E-state index contributed by atoms with van der Waals surface area (Å²) in [5.74, 6) is 0.693. The Bertz CT molecular complexity index is 243. The smallest absolute Gasteiger partial charge is 0.330 e. The van der Waals surface area contributed by atoms with Gasteiger partial charge in [0.25, 0.3) is 0 Å². The van der Waals surface area contributed by atoms with Crippen molar-refractivity contribution < 1.29 is 9.53 Å². The highest BCUT2D eigenvalue weighted by molar-refractivity contribution is 5.81. The van der Waals surface area contributed by atoms with E-state index in [1.807, 2.05) is 13.0 Å². The van der Waals surface area contributed by atoms with Gasteiger partial charge in [0.15, 0.2) is 0 Å². The average Bonchev–Trinajstić information content (AvgIpc) is 2.32. The lowest BCUT2D eigenvalue weighted by Gasteiger charge is -2.30. The highest BCUT2D eigenvalue weighted by Gasteiger charge is 2.17. The number of rotatable bonds is 6. The minimum atomic E-state index is -0.228. The summed E-state index contributed by atoms with van der Waals surface area (Å²) in [7, 11) is 0. The third kappa shape index (κ3) is 5.87. The Kier molecular flexibility index (Phi) is 6.94. The molecule has 1 rings (SSSR count). The number of hydrogen-bond donors (Lipinski definition) is 0. The first-order valence-corrected chi connectivity index (χ1v) is 6.81. The number of hydrogen-bond acceptors (Lipinski definition) is 3. The molecule has 0 saturated carbocycles. The van der Waals surface area contributed by atoms with Crippen LogP contribution in [0.15, 0.2) is 12.2 Å². The van der Waals surface area contributed by atoms with Gasteiger partial charge in [-0.05, 0) is 38.8 Å². The lowest BCUT2D eigenvalue weighted by Crippen LogP contribution is -2.33. The maximum atomic E-state index is 11.1. The van der Waals surface area contributed by atoms with Crippen LogP contribution in [0.5, 0.6) is 0 Å². The van der Waals surface area contributed by atoms with Crippen LogP contribution in [0.1, 0.15) is 39.5 Å². The molecule has 0 amide bonds. The molecule has 1 aliphatic heterocycles. The number of likely N-dealkylation sites (tertiary alicyclic amines) is 1. The Morgan fingerprint density at radius 1 is 1.35 bits per heavy atom. The molecule has 17 heavy (non-hydrogen) atoms. The monoisotopic (exact) mass is 239 g/mol. The van der Waals surface area contributed by atoms with Crippen molar-refractivity contribution in [1.82, 2.24) is 4.90 Å². The van der Waals surface area contributed by atoms with Gasteiger partial charge in [-0.3, -0.25) is 4.90 Å². The van der Waals surface area contributed by atoms with Gasteiger partial charge >= 0.3 is 5.97 Å². The van der Waals surface area contributed by atoms with E-state index in [1.165, 1.54) is 25.7 Å². The van der Waals surface area contributed by atoms with Crippen LogP contribution < -0.4 is 0 Å². The molecule has 1 heterocycles. The molecule has 0 aromatic carbocycles. The highest BCUT2D eigenvalue weighted by Crippen LogP contribution is 2.21. The number of ether oxygens (including phenoxy) is 1. The van der Waals surface area contributed by atoms with Crippen LogP contribution in [-0.4, -0.2) is 37.1 Å². The predicted molar refractivity (Wildman–Crippen MR) is 69.8 cm³/mol. The van der Waals surface area contributed by atoms with Crippen molar-refractivity contribution in [2.75, 3.05) is 26.2 Å². The number of carbonyl (C=O) groups excluding carboxylic acids is 1. The lowest BCUT2D eigenvalue weighted by molar-refractivity contribution is -0.137. The van der Waals surface area contributed by atoms with Crippen molar-refractivity contribution in [3.05, 3.63) is 12.2 Å². The van der Waals surface area contributed by atoms with Crippen LogP contribution in [0.25, 0.3) is 0 Å². The quantitative estimate of drug-likeness (QED) is 0.527. The number of esters is 1. The second-order valence-corrected chi connectivity index (χ2v) is 4.69. The van der Waals surface area contributed by atoms with Crippen molar-refractivity contribution in [3.63, 3.8) is 0 Å². The minimum Gasteiger partial charge on any atom is -0.463 e. The van der Waals surface area contributed by atoms with Crippen LogP contribution >= 0.6 is 0 Å². The van der Waals surface area contributed by atoms with Gasteiger partial charge in [0.05, 0.1) is 6.61 Å². The summed E-state index contributed by atoms with van der Waals surface area (Å²) in [4.78, 5) is 13.5. The molecular formula is C14H25NO2. The summed E-state index contributed by atoms with van der Waals surface area (Å²) >= 11 is 0. The van der Waals surface area contributed by atoms with Gasteiger partial charge in [0.2, 0.25) is 0 Å². The molecule has 0 aliphatic carbocycles. The number of carbonyl (C=O) groups is 1. The molecule has 0 spiro atoms. The molecule has 3 nitrogen and oxygen atoms in total. The summed E-state index contributed by atoms with van der Waals surface area (Å²) < 4.78 is 4.84. The molecule has 0 bridgehead atoms. The topological polar surface area (TPSA) is 29.5 Å². The summed E-state index contributed by atoms with van der Waals surface area (Å²) in [6.07, 6.45) is 8.74. The first-order chi connectivity index (χ1) is 8.26. The fourth-order valence-electron chi connectivity index (χ4n) is 2.35. The zero-order valence-electron chi connectivity index (χ0n) is 11.2. The van der Waals surface area contributed by atoms with Gasteiger partial charge in [-0.15, -0.1) is 0 Å². The molecular weight excluding hydrogens is 214 g/mol. The fraction of sp³-hybridized carbons (Fsp3) is 0.786. The third-order valence-electron chi connectivity index (χ3n) is 3.31. The van der Waals surface area contributed by atoms with Gasteiger partial charge < -0.3 is 4.74 Å². The Hall–Kier alpha value is -0.830. The first kappa shape index (κ1) is 14.2. The largest absolute Gasteiger partial charge is 0.463 e. The fourth-order valence-corrected chi connectivity index (χ4v) is 2.35. The molecule has 98 valence electrons. The van der Waals surface area contributed by atoms with E-state index in [2.05, 4.69) is 11.8 Å². The maximum Gasteiger partial charge on any atom is 0.330 e. The van der Waals surface area contributed by atoms with E-state index >= 15 is 0 Å². The van der Waals surface area contributed by atoms with E-state index in [1.54, 1.807) is 6.08 Å². The second kappa shape index (κ2) is 8.29. The van der Waals surface area contributed by atoms with Gasteiger partial charge in [-0.2, -0.15) is 0 Å². The molecule has 1 fully saturated rings. The van der Waals surface area contributed by atoms with E-state index in [-0.39, 0.29) is 5.97 Å². The molecule has 1 saturated heterocycles. The van der Waals surface area contributed by atoms with Crippen molar-refractivity contribution in [3.8, 4) is 0 Å². The highest BCUT2D eigenvalue weighted by atomic mass is 16.5. The van der Waals surface area contributed by atoms with Crippen LogP contribution in [0.4, 0.5) is 0 Å². The Morgan fingerprint density at radius 2 is 2.06 bits per heavy atom. The Labute approximate surface area is 105 Å². The zero-order valence-corrected chi connectivity index (χ0v) is 11.2. The van der Waals surface area contributed by atoms with Gasteiger partial charge in [-0.25, -0.2) is 4.79 Å². The van der Waals surface area contributed by atoms with Crippen molar-refractivity contribution in [2.24, 2.45) is 5.92 Å². The minimum absolute atomic E-state index is 0.228. The van der Waals surface area contributed by atoms with E-state index < -0.39 is 0 Å². The van der Waals surface area contributed by atoms with Crippen molar-refractivity contribution in [1.29, 1.82) is 0 Å². The molecule has 0 radical (unpaired) electrons. The molecule has 0 N–H and O–H groups in total. The third-order valence-corrected chi connectivity index (χ3v) is 3.31. The predicted octanol–water partition coefficient (Wildman–Crippen LogP) is 2.62. The van der Waals surface area contributed by atoms with Crippen molar-refractivity contribution >= 4 is 5.97 Å². The van der Waals surface area contributed by atoms with Crippen LogP contribution in [0, 0.1) is 5.92 Å². The standard InChI is InChI=1S/C14H25NO2/c1-3-6-13-8-11-15(12-9-13)10-5-7-14(16)17-4-2/h5,7,13H,3-4,6,8-12H2,1-2H3/b7-5+. The first-order valence-electron chi connectivity index (χ1n) is 6.81. The molecule has 0 aromatic rings. The molecule has 3 heteroatoms. The Balaban J connectivity index is 2.15. The van der Waals surface area contributed by atoms with Crippen LogP contribution in [0.3, 0.4) is 0 Å². The SMILES string of the molecule is CCCC1CCN(C/C=C/C(=O)OCC)CC1. The number of nitrogens with zero attached hydrogens (tertiary/aromatic N) is 1. The normalized spacial score (nSPS) is 18.7. The molecule has 0 aromatic heterocycles. The lowest BCUT2D eigenvalue weighted by atomic mass is 9.92. The van der Waals surface area contributed by atoms with Gasteiger partial charge in [-0.1, -0.05) is 25.8 Å². The summed E-state index contributed by atoms with van der Waals surface area (Å²) in [6, 6.07) is 0. The summed E-state index contributed by atoms with van der Waals surface area (Å²) in [5.41, 5.74) is 0. The molecule has 0 unspecified atom stereocenters. The molecule has 1 aliphatic rings. The molecule has 0 atom stereocenters. The van der Waals surface area contributed by atoms with E-state index in [4.69, 9.17) is 4.74 Å². The summed E-state index contributed by atoms with van der Waals surface area (Å²) in [5, 5.41) is 0. The van der Waals surface area contributed by atoms with Gasteiger partial charge in [0.1, 0.15) is 0 Å². The average molecular weight is 239 g/mol.